The van der Waals surface area contributed by atoms with Gasteiger partial charge in [-0.3, -0.25) is 9.89 Å². The highest BCUT2D eigenvalue weighted by Crippen LogP contribution is 2.29. The zero-order chi connectivity index (χ0) is 19.3. The summed E-state index contributed by atoms with van der Waals surface area (Å²) >= 11 is 0. The van der Waals surface area contributed by atoms with Crippen molar-refractivity contribution in [3.05, 3.63) is 46.5 Å². The van der Waals surface area contributed by atoms with Crippen molar-refractivity contribution in [1.29, 1.82) is 0 Å². The number of aromatic nitrogens is 4. The summed E-state index contributed by atoms with van der Waals surface area (Å²) in [7, 11) is 2.09. The van der Waals surface area contributed by atoms with Crippen molar-refractivity contribution in [2.24, 2.45) is 0 Å². The Morgan fingerprint density at radius 1 is 1.29 bits per heavy atom. The molecule has 0 saturated carbocycles. The van der Waals surface area contributed by atoms with Crippen LogP contribution >= 0.6 is 0 Å². The molecule has 1 saturated heterocycles. The molecule has 7 heteroatoms. The molecule has 2 aromatic heterocycles. The van der Waals surface area contributed by atoms with E-state index in [1.807, 2.05) is 11.0 Å². The molecule has 2 aliphatic heterocycles. The third-order valence-electron chi connectivity index (χ3n) is 6.15. The summed E-state index contributed by atoms with van der Waals surface area (Å²) in [5.41, 5.74) is 6.06. The van der Waals surface area contributed by atoms with Crippen LogP contribution in [-0.4, -0.2) is 62.6 Å². The van der Waals surface area contributed by atoms with Crippen LogP contribution in [0.5, 0.6) is 0 Å². The monoisotopic (exact) mass is 378 g/mol. The summed E-state index contributed by atoms with van der Waals surface area (Å²) in [4.78, 5) is 25.8. The normalized spacial score (nSPS) is 20.5. The number of nitrogens with zero attached hydrogens (tertiary/aromatic N) is 4. The number of benzene rings is 1. The number of nitrogens with one attached hydrogen (secondary N) is 2. The number of carbonyl (C=O) groups excluding carboxylic acids is 1. The summed E-state index contributed by atoms with van der Waals surface area (Å²) < 4.78 is 0. The van der Waals surface area contributed by atoms with E-state index in [-0.39, 0.29) is 11.8 Å². The predicted molar refractivity (Wildman–Crippen MR) is 107 cm³/mol. The van der Waals surface area contributed by atoms with E-state index in [0.29, 0.717) is 12.2 Å². The van der Waals surface area contributed by atoms with Gasteiger partial charge in [0.15, 0.2) is 5.69 Å². The van der Waals surface area contributed by atoms with Gasteiger partial charge in [0.1, 0.15) is 5.82 Å². The molecular formula is C21H26N6O. The molecule has 146 valence electrons. The van der Waals surface area contributed by atoms with E-state index in [0.717, 1.165) is 67.0 Å². The number of para-hydroxylation sites is 1. The van der Waals surface area contributed by atoms with Gasteiger partial charge in [0.2, 0.25) is 0 Å². The molecule has 3 aromatic rings. The fourth-order valence-electron chi connectivity index (χ4n) is 4.53. The molecule has 4 heterocycles. The van der Waals surface area contributed by atoms with Gasteiger partial charge in [-0.05, 0) is 38.4 Å². The molecule has 7 nitrogen and oxygen atoms in total. The molecule has 0 aliphatic carbocycles. The Morgan fingerprint density at radius 3 is 3.04 bits per heavy atom. The third-order valence-corrected chi connectivity index (χ3v) is 6.15. The number of aryl methyl sites for hydroxylation is 1. The Balaban J connectivity index is 1.39. The second kappa shape index (κ2) is 6.74. The molecule has 0 bridgehead atoms. The smallest absolute Gasteiger partial charge is 0.274 e. The SMILES string of the molecule is Cc1cccc2[nH]c([C@@H]3CCCN(C(=O)c4n[nH]c5c4CN(C)CC5)C3)nc12. The van der Waals surface area contributed by atoms with Crippen LogP contribution in [0.25, 0.3) is 11.0 Å². The fraction of sp³-hybridized carbons (Fsp3) is 0.476. The van der Waals surface area contributed by atoms with E-state index >= 15 is 0 Å². The molecular weight excluding hydrogens is 352 g/mol. The van der Waals surface area contributed by atoms with E-state index in [4.69, 9.17) is 4.98 Å². The van der Waals surface area contributed by atoms with Crippen LogP contribution in [0.4, 0.5) is 0 Å². The number of rotatable bonds is 2. The summed E-state index contributed by atoms with van der Waals surface area (Å²) in [6, 6.07) is 6.20. The lowest BCUT2D eigenvalue weighted by molar-refractivity contribution is 0.0696. The number of aromatic amines is 2. The van der Waals surface area contributed by atoms with Crippen molar-refractivity contribution in [2.75, 3.05) is 26.7 Å². The summed E-state index contributed by atoms with van der Waals surface area (Å²) in [6.07, 6.45) is 2.95. The average molecular weight is 378 g/mol. The summed E-state index contributed by atoms with van der Waals surface area (Å²) in [6.45, 7) is 5.34. The van der Waals surface area contributed by atoms with E-state index in [2.05, 4.69) is 46.2 Å². The molecule has 1 atom stereocenters. The first-order valence-electron chi connectivity index (χ1n) is 10.1. The maximum atomic E-state index is 13.2. The van der Waals surface area contributed by atoms with E-state index in [9.17, 15) is 4.79 Å². The zero-order valence-corrected chi connectivity index (χ0v) is 16.5. The first-order chi connectivity index (χ1) is 13.6. The van der Waals surface area contributed by atoms with Crippen LogP contribution in [0.15, 0.2) is 18.2 Å². The summed E-state index contributed by atoms with van der Waals surface area (Å²) in [5, 5.41) is 7.48. The zero-order valence-electron chi connectivity index (χ0n) is 16.5. The number of H-pyrrole nitrogens is 2. The Labute approximate surface area is 164 Å². The number of imidazole rings is 1. The highest BCUT2D eigenvalue weighted by Gasteiger charge is 2.31. The van der Waals surface area contributed by atoms with Crippen LogP contribution in [0, 0.1) is 6.92 Å². The van der Waals surface area contributed by atoms with Crippen LogP contribution in [0.1, 0.15) is 51.9 Å². The van der Waals surface area contributed by atoms with E-state index in [1.54, 1.807) is 0 Å². The Hall–Kier alpha value is -2.67. The van der Waals surface area contributed by atoms with Gasteiger partial charge in [0.05, 0.1) is 11.0 Å². The Kier molecular flexibility index (Phi) is 4.19. The molecule has 1 amide bonds. The largest absolute Gasteiger partial charge is 0.342 e. The molecule has 0 spiro atoms. The minimum absolute atomic E-state index is 0.0461. The topological polar surface area (TPSA) is 80.9 Å². The average Bonchev–Trinajstić information content (AvgIpc) is 3.32. The lowest BCUT2D eigenvalue weighted by Crippen LogP contribution is -2.40. The van der Waals surface area contributed by atoms with Gasteiger partial charge < -0.3 is 14.8 Å². The molecule has 1 aromatic carbocycles. The number of hydrogen-bond donors (Lipinski definition) is 2. The number of amides is 1. The van der Waals surface area contributed by atoms with Gasteiger partial charge in [-0.15, -0.1) is 0 Å². The minimum Gasteiger partial charge on any atom is -0.342 e. The van der Waals surface area contributed by atoms with E-state index < -0.39 is 0 Å². The molecule has 1 fully saturated rings. The third kappa shape index (κ3) is 2.90. The number of carbonyl (C=O) groups is 1. The molecule has 2 aliphatic rings. The molecule has 28 heavy (non-hydrogen) atoms. The van der Waals surface area contributed by atoms with Gasteiger partial charge in [-0.25, -0.2) is 4.98 Å². The Bertz CT molecular complexity index is 1030. The van der Waals surface area contributed by atoms with Crippen molar-refractivity contribution < 1.29 is 4.79 Å². The van der Waals surface area contributed by atoms with Crippen molar-refractivity contribution in [3.63, 3.8) is 0 Å². The first kappa shape index (κ1) is 17.4. The van der Waals surface area contributed by atoms with Crippen LogP contribution in [0.2, 0.25) is 0 Å². The lowest BCUT2D eigenvalue weighted by Gasteiger charge is -2.32. The standard InChI is InChI=1S/C21H26N6O/c1-13-5-3-7-17-18(13)23-20(22-17)14-6-4-9-27(11-14)21(28)19-15-12-26(2)10-8-16(15)24-25-19/h3,5,7,14H,4,6,8-12H2,1-2H3,(H,22,23)(H,24,25)/t14-/m1/s1. The number of piperidine rings is 1. The van der Waals surface area contributed by atoms with Gasteiger partial charge in [0.25, 0.3) is 5.91 Å². The molecule has 2 N–H and O–H groups in total. The number of likely N-dealkylation sites (N-methyl/N-ethyl adjacent to an activating group) is 1. The van der Waals surface area contributed by atoms with Crippen molar-refractivity contribution >= 4 is 16.9 Å². The van der Waals surface area contributed by atoms with Crippen molar-refractivity contribution in [1.82, 2.24) is 30.0 Å². The highest BCUT2D eigenvalue weighted by molar-refractivity contribution is 5.94. The molecule has 0 radical (unpaired) electrons. The van der Waals surface area contributed by atoms with Gasteiger partial charge >= 0.3 is 0 Å². The number of hydrogen-bond acceptors (Lipinski definition) is 4. The quantitative estimate of drug-likeness (QED) is 0.718. The lowest BCUT2D eigenvalue weighted by atomic mass is 9.96. The van der Waals surface area contributed by atoms with Gasteiger partial charge in [0, 0.05) is 49.8 Å². The van der Waals surface area contributed by atoms with Crippen LogP contribution in [0.3, 0.4) is 0 Å². The maximum absolute atomic E-state index is 13.2. The summed E-state index contributed by atoms with van der Waals surface area (Å²) in [5.74, 6) is 1.28. The van der Waals surface area contributed by atoms with Crippen molar-refractivity contribution in [2.45, 2.75) is 38.6 Å². The van der Waals surface area contributed by atoms with Gasteiger partial charge in [-0.1, -0.05) is 12.1 Å². The van der Waals surface area contributed by atoms with Crippen molar-refractivity contribution in [3.8, 4) is 0 Å². The Morgan fingerprint density at radius 2 is 2.18 bits per heavy atom. The first-order valence-corrected chi connectivity index (χ1v) is 10.1. The number of likely N-dealkylation sites (tertiary alicyclic amines) is 1. The minimum atomic E-state index is 0.0461. The predicted octanol–water partition coefficient (Wildman–Crippen LogP) is 2.60. The van der Waals surface area contributed by atoms with Gasteiger partial charge in [-0.2, -0.15) is 5.10 Å². The maximum Gasteiger partial charge on any atom is 0.274 e. The fourth-order valence-corrected chi connectivity index (χ4v) is 4.53. The molecule has 0 unspecified atom stereocenters. The van der Waals surface area contributed by atoms with Crippen LogP contribution < -0.4 is 0 Å². The second-order valence-electron chi connectivity index (χ2n) is 8.20. The number of fused-ring (bicyclic) bond motifs is 2. The van der Waals surface area contributed by atoms with Crippen LogP contribution in [-0.2, 0) is 13.0 Å². The molecule has 5 rings (SSSR count). The highest BCUT2D eigenvalue weighted by atomic mass is 16.2. The van der Waals surface area contributed by atoms with E-state index in [1.165, 1.54) is 5.56 Å². The second-order valence-corrected chi connectivity index (χ2v) is 8.20.